The minimum absolute atomic E-state index is 0.0998. The molecule has 0 atom stereocenters. The van der Waals surface area contributed by atoms with E-state index in [4.69, 9.17) is 4.74 Å². The summed E-state index contributed by atoms with van der Waals surface area (Å²) in [6.07, 6.45) is 4.80. The van der Waals surface area contributed by atoms with Gasteiger partial charge in [0, 0.05) is 38.9 Å². The molecule has 2 N–H and O–H groups in total. The van der Waals surface area contributed by atoms with E-state index in [9.17, 15) is 10.1 Å². The van der Waals surface area contributed by atoms with Crippen molar-refractivity contribution in [2.45, 2.75) is 39.2 Å². The Bertz CT molecular complexity index is 582. The number of nitro groups is 1. The molecule has 138 valence electrons. The predicted octanol–water partition coefficient (Wildman–Crippen LogP) is 2.86. The van der Waals surface area contributed by atoms with Crippen molar-refractivity contribution in [1.29, 1.82) is 0 Å². The van der Waals surface area contributed by atoms with E-state index >= 15 is 0 Å². The summed E-state index contributed by atoms with van der Waals surface area (Å²) in [6.45, 7) is 4.99. The fourth-order valence-corrected chi connectivity index (χ4v) is 3.02. The van der Waals surface area contributed by atoms with Crippen molar-refractivity contribution in [3.63, 3.8) is 0 Å². The zero-order valence-corrected chi connectivity index (χ0v) is 15.1. The maximum absolute atomic E-state index is 10.7. The maximum atomic E-state index is 10.7. The summed E-state index contributed by atoms with van der Waals surface area (Å²) in [5, 5.41) is 17.4. The Morgan fingerprint density at radius 1 is 1.32 bits per heavy atom. The van der Waals surface area contributed by atoms with Gasteiger partial charge >= 0.3 is 0 Å². The summed E-state index contributed by atoms with van der Waals surface area (Å²) in [5.74, 6) is 0.782. The van der Waals surface area contributed by atoms with E-state index in [2.05, 4.69) is 15.6 Å². The van der Waals surface area contributed by atoms with Gasteiger partial charge in [-0.2, -0.15) is 0 Å². The normalized spacial score (nSPS) is 16.2. The first-order chi connectivity index (χ1) is 12.1. The molecule has 0 aliphatic heterocycles. The number of nitrogens with one attached hydrogen (secondary N) is 2. The Hall–Kier alpha value is -2.15. The van der Waals surface area contributed by atoms with Crippen molar-refractivity contribution >= 4 is 11.6 Å². The molecular formula is C18H28N4O3. The van der Waals surface area contributed by atoms with E-state index in [1.54, 1.807) is 19.2 Å². The maximum Gasteiger partial charge on any atom is 0.269 e. The number of rotatable bonds is 9. The number of ether oxygens (including phenoxy) is 1. The third-order valence-electron chi connectivity index (χ3n) is 4.79. The lowest BCUT2D eigenvalue weighted by atomic mass is 9.67. The molecule has 0 amide bonds. The Morgan fingerprint density at radius 3 is 2.56 bits per heavy atom. The molecule has 1 aliphatic rings. The monoisotopic (exact) mass is 348 g/mol. The van der Waals surface area contributed by atoms with Gasteiger partial charge in [-0.15, -0.1) is 0 Å². The Kier molecular flexibility index (Phi) is 7.18. The van der Waals surface area contributed by atoms with E-state index in [0.717, 1.165) is 37.6 Å². The molecule has 0 saturated heterocycles. The van der Waals surface area contributed by atoms with Crippen LogP contribution in [0.4, 0.5) is 5.69 Å². The Balaban J connectivity index is 1.92. The summed E-state index contributed by atoms with van der Waals surface area (Å²) in [6, 6.07) is 6.52. The summed E-state index contributed by atoms with van der Waals surface area (Å²) >= 11 is 0. The average Bonchev–Trinajstić information content (AvgIpc) is 2.58. The second-order valence-corrected chi connectivity index (χ2v) is 6.57. The first-order valence-electron chi connectivity index (χ1n) is 8.83. The molecular weight excluding hydrogens is 320 g/mol. The fourth-order valence-electron chi connectivity index (χ4n) is 3.02. The van der Waals surface area contributed by atoms with Gasteiger partial charge in [0.15, 0.2) is 5.96 Å². The van der Waals surface area contributed by atoms with Crippen LogP contribution in [0.1, 0.15) is 38.2 Å². The molecule has 1 aromatic carbocycles. The van der Waals surface area contributed by atoms with Gasteiger partial charge in [-0.05, 0) is 37.2 Å². The largest absolute Gasteiger partial charge is 0.385 e. The minimum Gasteiger partial charge on any atom is -0.385 e. The SMILES string of the molecule is CCNC(=NCc1ccc([N+](=O)[O-])cc1)NCC1(CCOC)CCC1. The number of hydrogen-bond donors (Lipinski definition) is 2. The van der Waals surface area contributed by atoms with Crippen LogP contribution in [0.2, 0.25) is 0 Å². The number of nitrogens with zero attached hydrogens (tertiary/aromatic N) is 2. The summed E-state index contributed by atoms with van der Waals surface area (Å²) in [5.41, 5.74) is 1.36. The van der Waals surface area contributed by atoms with E-state index in [-0.39, 0.29) is 5.69 Å². The molecule has 7 heteroatoms. The van der Waals surface area contributed by atoms with Gasteiger partial charge in [-0.1, -0.05) is 18.6 Å². The first-order valence-corrected chi connectivity index (χ1v) is 8.83. The van der Waals surface area contributed by atoms with Gasteiger partial charge < -0.3 is 15.4 Å². The van der Waals surface area contributed by atoms with Crippen molar-refractivity contribution in [3.05, 3.63) is 39.9 Å². The van der Waals surface area contributed by atoms with E-state index < -0.39 is 4.92 Å². The Morgan fingerprint density at radius 2 is 2.04 bits per heavy atom. The zero-order chi connectivity index (χ0) is 18.1. The van der Waals surface area contributed by atoms with Crippen molar-refractivity contribution < 1.29 is 9.66 Å². The van der Waals surface area contributed by atoms with Crippen LogP contribution in [0.5, 0.6) is 0 Å². The van der Waals surface area contributed by atoms with Crippen molar-refractivity contribution in [1.82, 2.24) is 10.6 Å². The molecule has 1 aromatic rings. The van der Waals surface area contributed by atoms with Crippen LogP contribution in [0.15, 0.2) is 29.3 Å². The lowest BCUT2D eigenvalue weighted by molar-refractivity contribution is -0.384. The van der Waals surface area contributed by atoms with Gasteiger partial charge in [0.1, 0.15) is 0 Å². The molecule has 25 heavy (non-hydrogen) atoms. The number of methoxy groups -OCH3 is 1. The van der Waals surface area contributed by atoms with Crippen LogP contribution in [0, 0.1) is 15.5 Å². The standard InChI is InChI=1S/C18H28N4O3/c1-3-19-17(21-14-18(9-4-10-18)11-12-25-2)20-13-15-5-7-16(8-6-15)22(23)24/h5-8H,3-4,9-14H2,1-2H3,(H2,19,20,21). The van der Waals surface area contributed by atoms with Crippen molar-refractivity contribution in [3.8, 4) is 0 Å². The topological polar surface area (TPSA) is 88.8 Å². The second kappa shape index (κ2) is 9.36. The Labute approximate surface area is 149 Å². The van der Waals surface area contributed by atoms with E-state index in [1.807, 2.05) is 6.92 Å². The van der Waals surface area contributed by atoms with E-state index in [0.29, 0.717) is 12.0 Å². The number of non-ortho nitro benzene ring substituents is 1. The molecule has 0 radical (unpaired) electrons. The zero-order valence-electron chi connectivity index (χ0n) is 15.1. The highest BCUT2D eigenvalue weighted by Crippen LogP contribution is 2.43. The number of guanidine groups is 1. The van der Waals surface area contributed by atoms with Crippen LogP contribution >= 0.6 is 0 Å². The molecule has 0 unspecified atom stereocenters. The van der Waals surface area contributed by atoms with Crippen LogP contribution in [-0.2, 0) is 11.3 Å². The number of hydrogen-bond acceptors (Lipinski definition) is 4. The van der Waals surface area contributed by atoms with Gasteiger partial charge in [-0.25, -0.2) is 4.99 Å². The molecule has 7 nitrogen and oxygen atoms in total. The molecule has 0 heterocycles. The van der Waals surface area contributed by atoms with Crippen LogP contribution < -0.4 is 10.6 Å². The van der Waals surface area contributed by atoms with Crippen LogP contribution in [-0.4, -0.2) is 37.7 Å². The quantitative estimate of drug-likeness (QED) is 0.310. The van der Waals surface area contributed by atoms with Crippen LogP contribution in [0.25, 0.3) is 0 Å². The highest BCUT2D eigenvalue weighted by atomic mass is 16.6. The number of aliphatic imine (C=N–C) groups is 1. The van der Waals surface area contributed by atoms with Crippen molar-refractivity contribution in [2.75, 3.05) is 26.8 Å². The molecule has 1 fully saturated rings. The summed E-state index contributed by atoms with van der Waals surface area (Å²) in [7, 11) is 1.75. The van der Waals surface area contributed by atoms with Gasteiger partial charge in [0.05, 0.1) is 11.5 Å². The highest BCUT2D eigenvalue weighted by Gasteiger charge is 2.36. The van der Waals surface area contributed by atoms with Gasteiger partial charge in [0.2, 0.25) is 0 Å². The highest BCUT2D eigenvalue weighted by molar-refractivity contribution is 5.79. The minimum atomic E-state index is -0.392. The van der Waals surface area contributed by atoms with Crippen molar-refractivity contribution in [2.24, 2.45) is 10.4 Å². The second-order valence-electron chi connectivity index (χ2n) is 6.57. The lowest BCUT2D eigenvalue weighted by Crippen LogP contribution is -2.46. The molecule has 0 aromatic heterocycles. The molecule has 0 spiro atoms. The predicted molar refractivity (Wildman–Crippen MR) is 98.7 cm³/mol. The third kappa shape index (κ3) is 5.70. The molecule has 0 bridgehead atoms. The fraction of sp³-hybridized carbons (Fsp3) is 0.611. The molecule has 1 saturated carbocycles. The smallest absolute Gasteiger partial charge is 0.269 e. The first kappa shape index (κ1) is 19.2. The number of benzene rings is 1. The van der Waals surface area contributed by atoms with Crippen LogP contribution in [0.3, 0.4) is 0 Å². The van der Waals surface area contributed by atoms with Gasteiger partial charge in [-0.3, -0.25) is 10.1 Å². The molecule has 1 aliphatic carbocycles. The summed E-state index contributed by atoms with van der Waals surface area (Å²) < 4.78 is 5.24. The number of nitro benzene ring substituents is 1. The lowest BCUT2D eigenvalue weighted by Gasteiger charge is -2.42. The van der Waals surface area contributed by atoms with Gasteiger partial charge in [0.25, 0.3) is 5.69 Å². The summed E-state index contributed by atoms with van der Waals surface area (Å²) in [4.78, 5) is 14.9. The average molecular weight is 348 g/mol. The van der Waals surface area contributed by atoms with E-state index in [1.165, 1.54) is 31.4 Å². The third-order valence-corrected chi connectivity index (χ3v) is 4.79. The molecule has 2 rings (SSSR count).